The van der Waals surface area contributed by atoms with Gasteiger partial charge in [-0.25, -0.2) is 0 Å². The molecule has 23 heavy (non-hydrogen) atoms. The zero-order chi connectivity index (χ0) is 16.2. The number of nitrogens with zero attached hydrogens (tertiary/aromatic N) is 2. The van der Waals surface area contributed by atoms with Gasteiger partial charge in [0.25, 0.3) is 0 Å². The standard InChI is InChI=1S/C19H22N2O2/c1-3-14(2)12-21-7-8-23-19-17(13-21)9-16(10-18(19)22)15-5-4-6-20-11-15/h3-6,9-11,22H,7-8,12-13H2,1-2H3/b14-3+. The van der Waals surface area contributed by atoms with Gasteiger partial charge >= 0.3 is 0 Å². The molecule has 0 bridgehead atoms. The van der Waals surface area contributed by atoms with Crippen molar-refractivity contribution in [1.82, 2.24) is 9.88 Å². The lowest BCUT2D eigenvalue weighted by molar-refractivity contribution is 0.235. The largest absolute Gasteiger partial charge is 0.504 e. The van der Waals surface area contributed by atoms with Crippen LogP contribution < -0.4 is 4.74 Å². The number of aromatic nitrogens is 1. The van der Waals surface area contributed by atoms with E-state index in [0.717, 1.165) is 36.3 Å². The van der Waals surface area contributed by atoms with Gasteiger partial charge in [-0.1, -0.05) is 17.7 Å². The van der Waals surface area contributed by atoms with E-state index in [-0.39, 0.29) is 5.75 Å². The van der Waals surface area contributed by atoms with Gasteiger partial charge in [0.2, 0.25) is 0 Å². The normalized spacial score (nSPS) is 15.7. The van der Waals surface area contributed by atoms with Crippen molar-refractivity contribution in [2.45, 2.75) is 20.4 Å². The molecule has 1 N–H and O–H groups in total. The van der Waals surface area contributed by atoms with Crippen LogP contribution >= 0.6 is 0 Å². The summed E-state index contributed by atoms with van der Waals surface area (Å²) in [6, 6.07) is 7.74. The van der Waals surface area contributed by atoms with Crippen LogP contribution in [0.4, 0.5) is 0 Å². The predicted octanol–water partition coefficient (Wildman–Crippen LogP) is 3.61. The Labute approximate surface area is 137 Å². The van der Waals surface area contributed by atoms with E-state index in [1.54, 1.807) is 18.5 Å². The quantitative estimate of drug-likeness (QED) is 0.880. The number of phenolic OH excluding ortho intramolecular Hbond substituents is 1. The van der Waals surface area contributed by atoms with Crippen LogP contribution in [0.25, 0.3) is 11.1 Å². The molecule has 4 heteroatoms. The van der Waals surface area contributed by atoms with E-state index in [4.69, 9.17) is 4.74 Å². The van der Waals surface area contributed by atoms with Gasteiger partial charge in [-0.15, -0.1) is 0 Å². The Hall–Kier alpha value is -2.33. The van der Waals surface area contributed by atoms with Crippen molar-refractivity contribution in [1.29, 1.82) is 0 Å². The molecule has 120 valence electrons. The SMILES string of the molecule is C/C=C(\C)CN1CCOc2c(O)cc(-c3cccnc3)cc2C1. The summed E-state index contributed by atoms with van der Waals surface area (Å²) < 4.78 is 5.79. The lowest BCUT2D eigenvalue weighted by Gasteiger charge is -2.19. The molecule has 0 saturated heterocycles. The van der Waals surface area contributed by atoms with Crippen LogP contribution in [0.1, 0.15) is 19.4 Å². The van der Waals surface area contributed by atoms with Crippen molar-refractivity contribution in [2.75, 3.05) is 19.7 Å². The predicted molar refractivity (Wildman–Crippen MR) is 91.5 cm³/mol. The van der Waals surface area contributed by atoms with Crippen LogP contribution in [-0.2, 0) is 6.54 Å². The first-order chi connectivity index (χ1) is 11.2. The Morgan fingerprint density at radius 3 is 3.00 bits per heavy atom. The summed E-state index contributed by atoms with van der Waals surface area (Å²) in [6.07, 6.45) is 5.69. The maximum atomic E-state index is 10.4. The number of pyridine rings is 1. The van der Waals surface area contributed by atoms with Crippen LogP contribution in [0.2, 0.25) is 0 Å². The number of hydrogen-bond donors (Lipinski definition) is 1. The molecule has 0 radical (unpaired) electrons. The fourth-order valence-electron chi connectivity index (χ4n) is 2.83. The number of phenols is 1. The molecule has 4 nitrogen and oxygen atoms in total. The molecule has 0 amide bonds. The number of hydrogen-bond acceptors (Lipinski definition) is 4. The fourth-order valence-corrected chi connectivity index (χ4v) is 2.83. The van der Waals surface area contributed by atoms with Gasteiger partial charge in [-0.05, 0) is 37.6 Å². The summed E-state index contributed by atoms with van der Waals surface area (Å²) in [5.41, 5.74) is 4.31. The lowest BCUT2D eigenvalue weighted by atomic mass is 10.0. The zero-order valence-corrected chi connectivity index (χ0v) is 13.6. The maximum Gasteiger partial charge on any atom is 0.165 e. The highest BCUT2D eigenvalue weighted by Crippen LogP contribution is 2.37. The van der Waals surface area contributed by atoms with Crippen LogP contribution in [0.3, 0.4) is 0 Å². The molecule has 1 aliphatic heterocycles. The number of rotatable bonds is 3. The summed E-state index contributed by atoms with van der Waals surface area (Å²) in [7, 11) is 0. The Bertz CT molecular complexity index is 711. The van der Waals surface area contributed by atoms with E-state index in [1.807, 2.05) is 12.1 Å². The molecule has 0 atom stereocenters. The van der Waals surface area contributed by atoms with Crippen LogP contribution in [0.5, 0.6) is 11.5 Å². The second-order valence-corrected chi connectivity index (χ2v) is 5.92. The summed E-state index contributed by atoms with van der Waals surface area (Å²) >= 11 is 0. The number of fused-ring (bicyclic) bond motifs is 1. The molecule has 0 aliphatic carbocycles. The van der Waals surface area contributed by atoms with Crippen molar-refractivity contribution in [3.63, 3.8) is 0 Å². The van der Waals surface area contributed by atoms with E-state index < -0.39 is 0 Å². The van der Waals surface area contributed by atoms with Gasteiger partial charge in [0, 0.05) is 43.2 Å². The van der Waals surface area contributed by atoms with Gasteiger partial charge < -0.3 is 9.84 Å². The Morgan fingerprint density at radius 1 is 1.39 bits per heavy atom. The van der Waals surface area contributed by atoms with Gasteiger partial charge in [0.1, 0.15) is 6.61 Å². The second-order valence-electron chi connectivity index (χ2n) is 5.92. The molecular formula is C19H22N2O2. The van der Waals surface area contributed by atoms with Crippen molar-refractivity contribution >= 4 is 0 Å². The minimum atomic E-state index is 0.200. The summed E-state index contributed by atoms with van der Waals surface area (Å²) in [5.74, 6) is 0.809. The summed E-state index contributed by atoms with van der Waals surface area (Å²) in [5, 5.41) is 10.4. The molecule has 0 unspecified atom stereocenters. The van der Waals surface area contributed by atoms with E-state index in [0.29, 0.717) is 12.4 Å². The number of benzene rings is 1. The Kier molecular flexibility index (Phi) is 4.63. The number of allylic oxidation sites excluding steroid dienone is 1. The van der Waals surface area contributed by atoms with Crippen molar-refractivity contribution in [3.8, 4) is 22.6 Å². The first kappa shape index (κ1) is 15.6. The van der Waals surface area contributed by atoms with Gasteiger partial charge in [0.05, 0.1) is 0 Å². The monoisotopic (exact) mass is 310 g/mol. The number of ether oxygens (including phenoxy) is 1. The third-order valence-electron chi connectivity index (χ3n) is 4.15. The fraction of sp³-hybridized carbons (Fsp3) is 0.316. The highest BCUT2D eigenvalue weighted by Gasteiger charge is 2.19. The Balaban J connectivity index is 1.94. The number of aromatic hydroxyl groups is 1. The Morgan fingerprint density at radius 2 is 2.26 bits per heavy atom. The first-order valence-corrected chi connectivity index (χ1v) is 7.90. The van der Waals surface area contributed by atoms with E-state index >= 15 is 0 Å². The highest BCUT2D eigenvalue weighted by molar-refractivity contribution is 5.68. The third kappa shape index (κ3) is 3.54. The molecule has 2 aromatic rings. The maximum absolute atomic E-state index is 10.4. The smallest absolute Gasteiger partial charge is 0.165 e. The van der Waals surface area contributed by atoms with Crippen LogP contribution in [-0.4, -0.2) is 34.7 Å². The molecule has 2 heterocycles. The molecule has 1 aromatic carbocycles. The summed E-state index contributed by atoms with van der Waals surface area (Å²) in [6.45, 7) is 7.31. The molecular weight excluding hydrogens is 288 g/mol. The van der Waals surface area contributed by atoms with E-state index in [2.05, 4.69) is 35.9 Å². The van der Waals surface area contributed by atoms with Gasteiger partial charge in [-0.3, -0.25) is 9.88 Å². The second kappa shape index (κ2) is 6.84. The minimum absolute atomic E-state index is 0.200. The minimum Gasteiger partial charge on any atom is -0.504 e. The van der Waals surface area contributed by atoms with Crippen LogP contribution in [0.15, 0.2) is 48.3 Å². The topological polar surface area (TPSA) is 45.6 Å². The average Bonchev–Trinajstić information content (AvgIpc) is 2.77. The van der Waals surface area contributed by atoms with Crippen LogP contribution in [0, 0.1) is 0 Å². The molecule has 1 aromatic heterocycles. The average molecular weight is 310 g/mol. The van der Waals surface area contributed by atoms with Gasteiger partial charge in [-0.2, -0.15) is 0 Å². The zero-order valence-electron chi connectivity index (χ0n) is 13.6. The molecule has 0 fully saturated rings. The molecule has 1 aliphatic rings. The lowest BCUT2D eigenvalue weighted by Crippen LogP contribution is -2.27. The molecule has 0 spiro atoms. The van der Waals surface area contributed by atoms with Crippen molar-refractivity contribution < 1.29 is 9.84 Å². The third-order valence-corrected chi connectivity index (χ3v) is 4.15. The highest BCUT2D eigenvalue weighted by atomic mass is 16.5. The molecule has 3 rings (SSSR count). The van der Waals surface area contributed by atoms with Gasteiger partial charge in [0.15, 0.2) is 11.5 Å². The van der Waals surface area contributed by atoms with E-state index in [9.17, 15) is 5.11 Å². The van der Waals surface area contributed by atoms with Crippen molar-refractivity contribution in [3.05, 3.63) is 53.9 Å². The van der Waals surface area contributed by atoms with E-state index in [1.165, 1.54) is 5.57 Å². The summed E-state index contributed by atoms with van der Waals surface area (Å²) in [4.78, 5) is 6.50. The molecule has 0 saturated carbocycles. The first-order valence-electron chi connectivity index (χ1n) is 7.90. The van der Waals surface area contributed by atoms with Crippen molar-refractivity contribution in [2.24, 2.45) is 0 Å².